The van der Waals surface area contributed by atoms with Gasteiger partial charge in [-0.25, -0.2) is 13.4 Å². The summed E-state index contributed by atoms with van der Waals surface area (Å²) in [6.07, 6.45) is 1.60. The fourth-order valence-electron chi connectivity index (χ4n) is 2.95. The number of nitrogens with zero attached hydrogens (tertiary/aromatic N) is 1. The van der Waals surface area contributed by atoms with Crippen LogP contribution in [0, 0.1) is 6.92 Å². The van der Waals surface area contributed by atoms with Gasteiger partial charge >= 0.3 is 0 Å². The number of halogens is 1. The third kappa shape index (κ3) is 4.18. The summed E-state index contributed by atoms with van der Waals surface area (Å²) in [6, 6.07) is 20.9. The first-order chi connectivity index (χ1) is 13.9. The van der Waals surface area contributed by atoms with Gasteiger partial charge in [0.2, 0.25) is 5.89 Å². The van der Waals surface area contributed by atoms with E-state index in [0.29, 0.717) is 22.2 Å². The summed E-state index contributed by atoms with van der Waals surface area (Å²) >= 11 is 5.91. The van der Waals surface area contributed by atoms with Crippen molar-refractivity contribution in [2.24, 2.45) is 0 Å². The summed E-state index contributed by atoms with van der Waals surface area (Å²) in [7, 11) is -3.76. The highest BCUT2D eigenvalue weighted by atomic mass is 35.5. The normalized spacial score (nSPS) is 11.4. The molecule has 5 nitrogen and oxygen atoms in total. The molecule has 1 N–H and O–H groups in total. The van der Waals surface area contributed by atoms with E-state index in [1.165, 1.54) is 12.1 Å². The molecule has 1 aromatic heterocycles. The van der Waals surface area contributed by atoms with Crippen LogP contribution in [0.5, 0.6) is 0 Å². The van der Waals surface area contributed by atoms with Crippen LogP contribution < -0.4 is 4.72 Å². The second kappa shape index (κ2) is 7.73. The fraction of sp³-hybridized carbons (Fsp3) is 0.0455. The SMILES string of the molecule is Cc1ccccc1-c1coc(-c2cccc(NS(=O)(=O)c3cccc(Cl)c3)c2)n1. The zero-order valence-electron chi connectivity index (χ0n) is 15.5. The summed E-state index contributed by atoms with van der Waals surface area (Å²) in [6.45, 7) is 2.01. The molecule has 0 atom stereocenters. The predicted octanol–water partition coefficient (Wildman–Crippen LogP) is 5.77. The Morgan fingerprint density at radius 1 is 0.966 bits per heavy atom. The smallest absolute Gasteiger partial charge is 0.261 e. The van der Waals surface area contributed by atoms with Gasteiger partial charge in [0.15, 0.2) is 0 Å². The molecule has 0 aliphatic rings. The van der Waals surface area contributed by atoms with E-state index in [-0.39, 0.29) is 4.90 Å². The molecule has 0 spiro atoms. The molecule has 1 heterocycles. The molecule has 4 aromatic rings. The Hall–Kier alpha value is -3.09. The quantitative estimate of drug-likeness (QED) is 0.441. The van der Waals surface area contributed by atoms with Crippen LogP contribution in [-0.2, 0) is 10.0 Å². The number of rotatable bonds is 5. The highest BCUT2D eigenvalue weighted by Gasteiger charge is 2.16. The van der Waals surface area contributed by atoms with E-state index < -0.39 is 10.0 Å². The van der Waals surface area contributed by atoms with Crippen LogP contribution in [0.3, 0.4) is 0 Å². The number of benzene rings is 3. The number of aryl methyl sites for hydroxylation is 1. The molecule has 0 fully saturated rings. The molecule has 0 unspecified atom stereocenters. The zero-order valence-corrected chi connectivity index (χ0v) is 17.0. The van der Waals surface area contributed by atoms with Crippen molar-refractivity contribution >= 4 is 27.3 Å². The van der Waals surface area contributed by atoms with Crippen LogP contribution in [0.2, 0.25) is 5.02 Å². The van der Waals surface area contributed by atoms with Crippen LogP contribution in [-0.4, -0.2) is 13.4 Å². The van der Waals surface area contributed by atoms with Crippen molar-refractivity contribution in [3.8, 4) is 22.7 Å². The Balaban J connectivity index is 1.62. The van der Waals surface area contributed by atoms with Crippen molar-refractivity contribution in [2.45, 2.75) is 11.8 Å². The molecule has 0 amide bonds. The number of aromatic nitrogens is 1. The number of sulfonamides is 1. The maximum absolute atomic E-state index is 12.6. The lowest BCUT2D eigenvalue weighted by Crippen LogP contribution is -2.12. The number of nitrogens with one attached hydrogen (secondary N) is 1. The highest BCUT2D eigenvalue weighted by molar-refractivity contribution is 7.92. The zero-order chi connectivity index (χ0) is 20.4. The van der Waals surface area contributed by atoms with Gasteiger partial charge in [-0.15, -0.1) is 0 Å². The van der Waals surface area contributed by atoms with E-state index >= 15 is 0 Å². The Morgan fingerprint density at radius 2 is 1.76 bits per heavy atom. The van der Waals surface area contributed by atoms with E-state index in [4.69, 9.17) is 16.0 Å². The van der Waals surface area contributed by atoms with Crippen molar-refractivity contribution in [1.29, 1.82) is 0 Å². The second-order valence-electron chi connectivity index (χ2n) is 6.50. The van der Waals surface area contributed by atoms with Gasteiger partial charge in [0.1, 0.15) is 12.0 Å². The lowest BCUT2D eigenvalue weighted by atomic mass is 10.1. The first kappa shape index (κ1) is 19.2. The highest BCUT2D eigenvalue weighted by Crippen LogP contribution is 2.28. The second-order valence-corrected chi connectivity index (χ2v) is 8.62. The molecule has 0 radical (unpaired) electrons. The van der Waals surface area contributed by atoms with E-state index in [9.17, 15) is 8.42 Å². The van der Waals surface area contributed by atoms with Gasteiger partial charge in [-0.3, -0.25) is 4.72 Å². The molecule has 0 aliphatic heterocycles. The standard InChI is InChI=1S/C22H17ClN2O3S/c1-15-6-2-3-11-20(15)21-14-28-22(24-21)16-7-4-9-18(12-16)25-29(26,27)19-10-5-8-17(23)13-19/h2-14,25H,1H3. The summed E-state index contributed by atoms with van der Waals surface area (Å²) in [4.78, 5) is 4.65. The lowest BCUT2D eigenvalue weighted by molar-refractivity contribution is 0.575. The van der Waals surface area contributed by atoms with Crippen LogP contribution >= 0.6 is 11.6 Å². The van der Waals surface area contributed by atoms with E-state index in [2.05, 4.69) is 9.71 Å². The number of hydrogen-bond donors (Lipinski definition) is 1. The predicted molar refractivity (Wildman–Crippen MR) is 114 cm³/mol. The van der Waals surface area contributed by atoms with Gasteiger partial charge in [0.25, 0.3) is 10.0 Å². The van der Waals surface area contributed by atoms with Crippen molar-refractivity contribution in [3.63, 3.8) is 0 Å². The first-order valence-electron chi connectivity index (χ1n) is 8.83. The topological polar surface area (TPSA) is 72.2 Å². The maximum atomic E-state index is 12.6. The van der Waals surface area contributed by atoms with Crippen molar-refractivity contribution in [3.05, 3.63) is 89.6 Å². The maximum Gasteiger partial charge on any atom is 0.261 e. The largest absolute Gasteiger partial charge is 0.444 e. The third-order valence-corrected chi connectivity index (χ3v) is 6.01. The van der Waals surface area contributed by atoms with Gasteiger partial charge in [-0.1, -0.05) is 48.0 Å². The number of hydrogen-bond acceptors (Lipinski definition) is 4. The molecular formula is C22H17ClN2O3S. The molecule has 3 aromatic carbocycles. The van der Waals surface area contributed by atoms with Crippen LogP contribution in [0.1, 0.15) is 5.56 Å². The minimum atomic E-state index is -3.76. The molecule has 0 bridgehead atoms. The van der Waals surface area contributed by atoms with E-state index in [1.54, 1.807) is 36.6 Å². The van der Waals surface area contributed by atoms with Gasteiger partial charge in [-0.2, -0.15) is 0 Å². The molecule has 7 heteroatoms. The van der Waals surface area contributed by atoms with E-state index in [0.717, 1.165) is 16.8 Å². The molecule has 29 heavy (non-hydrogen) atoms. The van der Waals surface area contributed by atoms with Crippen LogP contribution in [0.4, 0.5) is 5.69 Å². The van der Waals surface area contributed by atoms with Crippen molar-refractivity contribution in [1.82, 2.24) is 4.98 Å². The van der Waals surface area contributed by atoms with E-state index in [1.807, 2.05) is 37.3 Å². The van der Waals surface area contributed by atoms with Crippen molar-refractivity contribution in [2.75, 3.05) is 4.72 Å². The molecule has 146 valence electrons. The van der Waals surface area contributed by atoms with Crippen LogP contribution in [0.15, 0.2) is 88.4 Å². The Morgan fingerprint density at radius 3 is 2.55 bits per heavy atom. The molecule has 4 rings (SSSR count). The summed E-state index contributed by atoms with van der Waals surface area (Å²) in [5.74, 6) is 0.409. The average Bonchev–Trinajstić information content (AvgIpc) is 3.18. The summed E-state index contributed by atoms with van der Waals surface area (Å²) < 4.78 is 33.4. The monoisotopic (exact) mass is 424 g/mol. The van der Waals surface area contributed by atoms with Gasteiger partial charge in [0.05, 0.1) is 4.90 Å². The Bertz CT molecular complexity index is 1280. The summed E-state index contributed by atoms with van der Waals surface area (Å²) in [5.41, 5.74) is 3.87. The molecule has 0 saturated heterocycles. The third-order valence-electron chi connectivity index (χ3n) is 4.39. The Kier molecular flexibility index (Phi) is 5.13. The average molecular weight is 425 g/mol. The number of oxazole rings is 1. The minimum Gasteiger partial charge on any atom is -0.444 e. The van der Waals surface area contributed by atoms with Gasteiger partial charge < -0.3 is 4.42 Å². The Labute approximate surface area is 174 Å². The number of anilines is 1. The van der Waals surface area contributed by atoms with Gasteiger partial charge in [0, 0.05) is 21.8 Å². The first-order valence-corrected chi connectivity index (χ1v) is 10.7. The lowest BCUT2D eigenvalue weighted by Gasteiger charge is -2.09. The fourth-order valence-corrected chi connectivity index (χ4v) is 4.30. The summed E-state index contributed by atoms with van der Waals surface area (Å²) in [5, 5.41) is 0.352. The molecule has 0 saturated carbocycles. The van der Waals surface area contributed by atoms with Crippen molar-refractivity contribution < 1.29 is 12.8 Å². The minimum absolute atomic E-state index is 0.0911. The molecule has 0 aliphatic carbocycles. The molecular weight excluding hydrogens is 408 g/mol. The van der Waals surface area contributed by atoms with Crippen LogP contribution in [0.25, 0.3) is 22.7 Å². The van der Waals surface area contributed by atoms with Gasteiger partial charge in [-0.05, 0) is 48.9 Å².